The quantitative estimate of drug-likeness (QED) is 0.892. The number of amides is 1. The number of nitrogens with zero attached hydrogens (tertiary/aromatic N) is 4. The molecule has 7 heteroatoms. The van der Waals surface area contributed by atoms with E-state index in [-0.39, 0.29) is 11.9 Å². The average molecular weight is 300 g/mol. The van der Waals surface area contributed by atoms with Crippen molar-refractivity contribution in [2.45, 2.75) is 32.7 Å². The predicted octanol–water partition coefficient (Wildman–Crippen LogP) is 1.30. The van der Waals surface area contributed by atoms with Gasteiger partial charge < -0.3 is 10.6 Å². The van der Waals surface area contributed by atoms with Gasteiger partial charge in [-0.2, -0.15) is 0 Å². The smallest absolute Gasteiger partial charge is 0.241 e. The zero-order valence-electron chi connectivity index (χ0n) is 12.8. The molecular weight excluding hydrogens is 280 g/mol. The molecule has 7 nitrogen and oxygen atoms in total. The van der Waals surface area contributed by atoms with E-state index in [0.717, 1.165) is 36.3 Å². The highest BCUT2D eigenvalue weighted by atomic mass is 16.2. The summed E-state index contributed by atoms with van der Waals surface area (Å²) in [7, 11) is 0. The SMILES string of the molecule is Cc1ccc(NC(=O)C2CC(C)CCN2)cc1-n1cnnn1. The Morgan fingerprint density at radius 2 is 2.32 bits per heavy atom. The Bertz CT molecular complexity index is 654. The van der Waals surface area contributed by atoms with Gasteiger partial charge in [-0.15, -0.1) is 5.10 Å². The maximum Gasteiger partial charge on any atom is 0.241 e. The molecule has 0 radical (unpaired) electrons. The van der Waals surface area contributed by atoms with Gasteiger partial charge in [0, 0.05) is 5.69 Å². The molecule has 1 amide bonds. The summed E-state index contributed by atoms with van der Waals surface area (Å²) in [5.41, 5.74) is 2.64. The van der Waals surface area contributed by atoms with E-state index in [1.807, 2.05) is 25.1 Å². The largest absolute Gasteiger partial charge is 0.325 e. The van der Waals surface area contributed by atoms with Gasteiger partial charge >= 0.3 is 0 Å². The fourth-order valence-corrected chi connectivity index (χ4v) is 2.74. The van der Waals surface area contributed by atoms with Crippen LogP contribution in [0.1, 0.15) is 25.3 Å². The number of hydrogen-bond donors (Lipinski definition) is 2. The van der Waals surface area contributed by atoms with Crippen molar-refractivity contribution >= 4 is 11.6 Å². The first kappa shape index (κ1) is 14.6. The van der Waals surface area contributed by atoms with E-state index in [0.29, 0.717) is 5.92 Å². The average Bonchev–Trinajstić information content (AvgIpc) is 3.03. The maximum absolute atomic E-state index is 12.4. The first-order valence-corrected chi connectivity index (χ1v) is 7.52. The second-order valence-electron chi connectivity index (χ2n) is 5.88. The van der Waals surface area contributed by atoms with E-state index >= 15 is 0 Å². The van der Waals surface area contributed by atoms with Crippen LogP contribution in [0.5, 0.6) is 0 Å². The molecule has 1 aromatic heterocycles. The third-order valence-electron chi connectivity index (χ3n) is 4.05. The highest BCUT2D eigenvalue weighted by molar-refractivity contribution is 5.95. The van der Waals surface area contributed by atoms with Crippen LogP contribution < -0.4 is 10.6 Å². The molecule has 0 spiro atoms. The Balaban J connectivity index is 1.75. The fourth-order valence-electron chi connectivity index (χ4n) is 2.74. The normalized spacial score (nSPS) is 21.5. The second kappa shape index (κ2) is 6.23. The molecule has 2 aromatic rings. The molecule has 2 heterocycles. The first-order chi connectivity index (χ1) is 10.6. The molecule has 116 valence electrons. The lowest BCUT2D eigenvalue weighted by Crippen LogP contribution is -2.45. The summed E-state index contributed by atoms with van der Waals surface area (Å²) in [6.07, 6.45) is 3.54. The van der Waals surface area contributed by atoms with Gasteiger partial charge in [0.15, 0.2) is 0 Å². The minimum absolute atomic E-state index is 0.0121. The zero-order valence-corrected chi connectivity index (χ0v) is 12.8. The molecule has 2 unspecified atom stereocenters. The zero-order chi connectivity index (χ0) is 15.5. The third-order valence-corrected chi connectivity index (χ3v) is 4.05. The van der Waals surface area contributed by atoms with E-state index in [4.69, 9.17) is 0 Å². The summed E-state index contributed by atoms with van der Waals surface area (Å²) >= 11 is 0. The van der Waals surface area contributed by atoms with Crippen molar-refractivity contribution in [2.75, 3.05) is 11.9 Å². The Kier molecular flexibility index (Phi) is 4.15. The minimum Gasteiger partial charge on any atom is -0.325 e. The van der Waals surface area contributed by atoms with Crippen LogP contribution in [0.4, 0.5) is 5.69 Å². The van der Waals surface area contributed by atoms with E-state index in [2.05, 4.69) is 33.1 Å². The number of rotatable bonds is 3. The van der Waals surface area contributed by atoms with Crippen molar-refractivity contribution in [3.8, 4) is 5.69 Å². The molecule has 1 saturated heterocycles. The molecule has 0 aliphatic carbocycles. The fraction of sp³-hybridized carbons (Fsp3) is 0.467. The van der Waals surface area contributed by atoms with Crippen molar-refractivity contribution in [2.24, 2.45) is 5.92 Å². The maximum atomic E-state index is 12.4. The molecule has 1 aliphatic rings. The summed E-state index contributed by atoms with van der Waals surface area (Å²) in [4.78, 5) is 12.4. The van der Waals surface area contributed by atoms with E-state index in [9.17, 15) is 4.79 Å². The summed E-state index contributed by atoms with van der Waals surface area (Å²) in [6.45, 7) is 5.05. The van der Waals surface area contributed by atoms with Crippen LogP contribution in [0.15, 0.2) is 24.5 Å². The highest BCUT2D eigenvalue weighted by Crippen LogP contribution is 2.20. The molecule has 0 bridgehead atoms. The number of piperidine rings is 1. The van der Waals surface area contributed by atoms with Gasteiger partial charge in [0.25, 0.3) is 0 Å². The Hall–Kier alpha value is -2.28. The Morgan fingerprint density at radius 1 is 1.45 bits per heavy atom. The highest BCUT2D eigenvalue weighted by Gasteiger charge is 2.24. The van der Waals surface area contributed by atoms with Crippen molar-refractivity contribution in [1.82, 2.24) is 25.5 Å². The summed E-state index contributed by atoms with van der Waals surface area (Å²) in [5, 5.41) is 17.4. The van der Waals surface area contributed by atoms with Crippen molar-refractivity contribution in [3.63, 3.8) is 0 Å². The van der Waals surface area contributed by atoms with Crippen LogP contribution in [-0.4, -0.2) is 38.7 Å². The Labute approximate surface area is 129 Å². The summed E-state index contributed by atoms with van der Waals surface area (Å²) in [6, 6.07) is 5.61. The van der Waals surface area contributed by atoms with Gasteiger partial charge in [0.05, 0.1) is 11.7 Å². The molecule has 22 heavy (non-hydrogen) atoms. The number of carbonyl (C=O) groups excluding carboxylic acids is 1. The lowest BCUT2D eigenvalue weighted by atomic mass is 9.94. The van der Waals surface area contributed by atoms with Crippen LogP contribution in [0.25, 0.3) is 5.69 Å². The molecule has 1 fully saturated rings. The van der Waals surface area contributed by atoms with Crippen LogP contribution >= 0.6 is 0 Å². The number of anilines is 1. The number of carbonyl (C=O) groups is 1. The van der Waals surface area contributed by atoms with E-state index in [1.54, 1.807) is 4.68 Å². The summed E-state index contributed by atoms with van der Waals surface area (Å²) in [5.74, 6) is 0.588. The van der Waals surface area contributed by atoms with Crippen LogP contribution in [0.2, 0.25) is 0 Å². The number of aryl methyl sites for hydroxylation is 1. The lowest BCUT2D eigenvalue weighted by Gasteiger charge is -2.27. The number of hydrogen-bond acceptors (Lipinski definition) is 5. The number of benzene rings is 1. The number of aromatic nitrogens is 4. The topological polar surface area (TPSA) is 84.7 Å². The van der Waals surface area contributed by atoms with Crippen LogP contribution in [-0.2, 0) is 4.79 Å². The van der Waals surface area contributed by atoms with Crippen molar-refractivity contribution in [1.29, 1.82) is 0 Å². The Morgan fingerprint density at radius 3 is 3.05 bits per heavy atom. The predicted molar refractivity (Wildman–Crippen MR) is 82.7 cm³/mol. The number of tetrazole rings is 1. The monoisotopic (exact) mass is 300 g/mol. The number of nitrogens with one attached hydrogen (secondary N) is 2. The van der Waals surface area contributed by atoms with E-state index in [1.165, 1.54) is 6.33 Å². The lowest BCUT2D eigenvalue weighted by molar-refractivity contribution is -0.119. The standard InChI is InChI=1S/C15H20N6O/c1-10-5-6-16-13(7-10)15(22)18-12-4-3-11(2)14(8-12)21-9-17-19-20-21/h3-4,8-10,13,16H,5-7H2,1-2H3,(H,18,22). The molecule has 1 aliphatic heterocycles. The minimum atomic E-state index is -0.124. The van der Waals surface area contributed by atoms with Crippen molar-refractivity contribution in [3.05, 3.63) is 30.1 Å². The molecule has 1 aromatic carbocycles. The second-order valence-corrected chi connectivity index (χ2v) is 5.88. The first-order valence-electron chi connectivity index (χ1n) is 7.52. The van der Waals surface area contributed by atoms with Gasteiger partial charge in [-0.05, 0) is 60.4 Å². The van der Waals surface area contributed by atoms with Gasteiger partial charge in [-0.1, -0.05) is 13.0 Å². The molecular formula is C15H20N6O. The van der Waals surface area contributed by atoms with Crippen LogP contribution in [0, 0.1) is 12.8 Å². The van der Waals surface area contributed by atoms with E-state index < -0.39 is 0 Å². The van der Waals surface area contributed by atoms with Gasteiger partial charge in [-0.25, -0.2) is 4.68 Å². The molecule has 3 rings (SSSR count). The summed E-state index contributed by atoms with van der Waals surface area (Å²) < 4.78 is 1.59. The molecule has 2 atom stereocenters. The van der Waals surface area contributed by atoms with Gasteiger partial charge in [-0.3, -0.25) is 4.79 Å². The third kappa shape index (κ3) is 3.14. The van der Waals surface area contributed by atoms with Gasteiger partial charge in [0.1, 0.15) is 6.33 Å². The van der Waals surface area contributed by atoms with Crippen molar-refractivity contribution < 1.29 is 4.79 Å². The van der Waals surface area contributed by atoms with Crippen LogP contribution in [0.3, 0.4) is 0 Å². The molecule has 0 saturated carbocycles. The molecule has 2 N–H and O–H groups in total. The van der Waals surface area contributed by atoms with Gasteiger partial charge in [0.2, 0.25) is 5.91 Å².